The van der Waals surface area contributed by atoms with Crippen molar-refractivity contribution in [3.8, 4) is 6.07 Å². The SMILES string of the molecule is Cn1nnnc1SCc1csc(C2C(C#N)=C(N)N(c3cccc(Cl)c3)C3=C2C(=O)CC(C)(C)C3)c1. The minimum absolute atomic E-state index is 0.0491. The molecule has 0 spiro atoms. The summed E-state index contributed by atoms with van der Waals surface area (Å²) >= 11 is 9.37. The van der Waals surface area contributed by atoms with E-state index in [-0.39, 0.29) is 11.2 Å². The van der Waals surface area contributed by atoms with Crippen LogP contribution in [0.3, 0.4) is 0 Å². The highest BCUT2D eigenvalue weighted by molar-refractivity contribution is 7.98. The number of carbonyl (C=O) groups is 1. The van der Waals surface area contributed by atoms with Gasteiger partial charge in [0, 0.05) is 46.1 Å². The van der Waals surface area contributed by atoms with E-state index in [1.165, 1.54) is 23.1 Å². The average Bonchev–Trinajstić information content (AvgIpc) is 3.44. The van der Waals surface area contributed by atoms with Crippen molar-refractivity contribution in [1.82, 2.24) is 20.2 Å². The Morgan fingerprint density at radius 2 is 2.14 bits per heavy atom. The van der Waals surface area contributed by atoms with Crippen molar-refractivity contribution in [3.63, 3.8) is 0 Å². The zero-order valence-corrected chi connectivity index (χ0v) is 22.4. The second kappa shape index (κ2) is 9.39. The molecule has 36 heavy (non-hydrogen) atoms. The molecule has 184 valence electrons. The van der Waals surface area contributed by atoms with Crippen molar-refractivity contribution in [2.75, 3.05) is 4.90 Å². The molecular formula is C25H24ClN7OS2. The molecular weight excluding hydrogens is 514 g/mol. The van der Waals surface area contributed by atoms with Gasteiger partial charge in [-0.25, -0.2) is 4.68 Å². The molecule has 1 aliphatic heterocycles. The Labute approximate surface area is 222 Å². The summed E-state index contributed by atoms with van der Waals surface area (Å²) in [6, 6.07) is 11.7. The maximum Gasteiger partial charge on any atom is 0.209 e. The summed E-state index contributed by atoms with van der Waals surface area (Å²) in [5.41, 5.74) is 10.1. The van der Waals surface area contributed by atoms with Gasteiger partial charge in [0.1, 0.15) is 5.82 Å². The summed E-state index contributed by atoms with van der Waals surface area (Å²) in [7, 11) is 1.80. The fourth-order valence-corrected chi connectivity index (χ4v) is 6.92. The first-order valence-electron chi connectivity index (χ1n) is 11.3. The average molecular weight is 538 g/mol. The van der Waals surface area contributed by atoms with E-state index in [0.29, 0.717) is 45.7 Å². The summed E-state index contributed by atoms with van der Waals surface area (Å²) in [4.78, 5) is 16.4. The van der Waals surface area contributed by atoms with Gasteiger partial charge in [0.15, 0.2) is 5.78 Å². The Kier molecular flexibility index (Phi) is 6.41. The topological polar surface area (TPSA) is 114 Å². The number of ketones is 1. The third kappa shape index (κ3) is 4.43. The fraction of sp³-hybridized carbons (Fsp3) is 0.320. The number of Topliss-reactive ketones (excluding diaryl/α,β-unsaturated/α-hetero) is 1. The van der Waals surface area contributed by atoms with E-state index in [2.05, 4.69) is 46.9 Å². The van der Waals surface area contributed by atoms with Crippen molar-refractivity contribution in [1.29, 1.82) is 5.26 Å². The first-order valence-corrected chi connectivity index (χ1v) is 13.6. The zero-order valence-electron chi connectivity index (χ0n) is 20.0. The van der Waals surface area contributed by atoms with Crippen molar-refractivity contribution in [2.24, 2.45) is 18.2 Å². The molecule has 1 unspecified atom stereocenters. The normalized spacial score (nSPS) is 19.5. The molecule has 0 saturated heterocycles. The lowest BCUT2D eigenvalue weighted by Crippen LogP contribution is -2.42. The number of hydrogen-bond donors (Lipinski definition) is 1. The molecule has 0 bridgehead atoms. The molecule has 8 nitrogen and oxygen atoms in total. The van der Waals surface area contributed by atoms with Crippen LogP contribution in [0, 0.1) is 16.7 Å². The van der Waals surface area contributed by atoms with Gasteiger partial charge in [-0.1, -0.05) is 43.3 Å². The molecule has 1 atom stereocenters. The summed E-state index contributed by atoms with van der Waals surface area (Å²) in [6.07, 6.45) is 1.07. The number of carbonyl (C=O) groups excluding carboxylic acids is 1. The van der Waals surface area contributed by atoms with Crippen LogP contribution in [0.25, 0.3) is 0 Å². The molecule has 1 aliphatic carbocycles. The number of aromatic nitrogens is 4. The maximum absolute atomic E-state index is 13.7. The van der Waals surface area contributed by atoms with Gasteiger partial charge in [-0.15, -0.1) is 16.4 Å². The number of nitrogens with two attached hydrogens (primary N) is 1. The number of halogens is 1. The molecule has 0 fully saturated rings. The second-order valence-electron chi connectivity index (χ2n) is 9.69. The Hall–Kier alpha value is -3.13. The van der Waals surface area contributed by atoms with E-state index in [4.69, 9.17) is 17.3 Å². The largest absolute Gasteiger partial charge is 0.384 e. The summed E-state index contributed by atoms with van der Waals surface area (Å²) in [6.45, 7) is 4.17. The van der Waals surface area contributed by atoms with Crippen LogP contribution in [0.5, 0.6) is 0 Å². The monoisotopic (exact) mass is 537 g/mol. The van der Waals surface area contributed by atoms with Crippen LogP contribution in [0.1, 0.15) is 43.0 Å². The predicted molar refractivity (Wildman–Crippen MR) is 141 cm³/mol. The highest BCUT2D eigenvalue weighted by Crippen LogP contribution is 2.51. The summed E-state index contributed by atoms with van der Waals surface area (Å²) in [5.74, 6) is 0.556. The number of nitriles is 1. The van der Waals surface area contributed by atoms with Gasteiger partial charge >= 0.3 is 0 Å². The molecule has 3 heterocycles. The third-order valence-corrected chi connectivity index (χ3v) is 8.72. The zero-order chi connectivity index (χ0) is 25.6. The first-order chi connectivity index (χ1) is 17.2. The molecule has 5 rings (SSSR count). The van der Waals surface area contributed by atoms with Crippen LogP contribution in [-0.4, -0.2) is 26.0 Å². The number of tetrazole rings is 1. The number of thioether (sulfide) groups is 1. The quantitative estimate of drug-likeness (QED) is 0.444. The Morgan fingerprint density at radius 3 is 2.83 bits per heavy atom. The van der Waals surface area contributed by atoms with Crippen molar-refractivity contribution < 1.29 is 4.79 Å². The van der Waals surface area contributed by atoms with Gasteiger partial charge in [-0.05, 0) is 57.5 Å². The lowest BCUT2D eigenvalue weighted by atomic mass is 9.69. The number of hydrogen-bond acceptors (Lipinski definition) is 9. The van der Waals surface area contributed by atoms with E-state index in [1.807, 2.05) is 23.1 Å². The molecule has 0 radical (unpaired) electrons. The van der Waals surface area contributed by atoms with Crippen LogP contribution < -0.4 is 10.6 Å². The van der Waals surface area contributed by atoms with E-state index >= 15 is 0 Å². The minimum Gasteiger partial charge on any atom is -0.384 e. The molecule has 3 aromatic rings. The summed E-state index contributed by atoms with van der Waals surface area (Å²) < 4.78 is 1.63. The van der Waals surface area contributed by atoms with E-state index < -0.39 is 5.92 Å². The Bertz CT molecular complexity index is 1460. The van der Waals surface area contributed by atoms with Crippen LogP contribution in [0.4, 0.5) is 5.69 Å². The van der Waals surface area contributed by atoms with Crippen molar-refractivity contribution in [2.45, 2.75) is 43.5 Å². The summed E-state index contributed by atoms with van der Waals surface area (Å²) in [5, 5.41) is 25.1. The molecule has 0 saturated carbocycles. The molecule has 11 heteroatoms. The number of aryl methyl sites for hydroxylation is 1. The number of nitrogens with zero attached hydrogens (tertiary/aromatic N) is 6. The maximum atomic E-state index is 13.7. The van der Waals surface area contributed by atoms with Crippen molar-refractivity contribution in [3.05, 3.63) is 73.8 Å². The van der Waals surface area contributed by atoms with Crippen LogP contribution in [0.2, 0.25) is 5.02 Å². The number of thiophene rings is 1. The second-order valence-corrected chi connectivity index (χ2v) is 12.0. The highest BCUT2D eigenvalue weighted by Gasteiger charge is 2.45. The van der Waals surface area contributed by atoms with E-state index in [0.717, 1.165) is 21.8 Å². The van der Waals surface area contributed by atoms with Gasteiger partial charge < -0.3 is 5.73 Å². The standard InChI is InChI=1S/C25H24ClN7OS2/c1-25(2)9-18-22(19(34)10-25)21(17(11-27)23(28)33(18)16-6-4-5-15(26)8-16)20-7-14(12-35-20)13-36-24-29-30-31-32(24)3/h4-8,12,21H,9-10,13,28H2,1-3H3. The number of rotatable bonds is 5. The Balaban J connectivity index is 1.59. The smallest absolute Gasteiger partial charge is 0.209 e. The van der Waals surface area contributed by atoms with Crippen LogP contribution >= 0.6 is 34.7 Å². The van der Waals surface area contributed by atoms with E-state index in [9.17, 15) is 10.1 Å². The van der Waals surface area contributed by atoms with Crippen LogP contribution in [0.15, 0.2) is 63.5 Å². The highest BCUT2D eigenvalue weighted by atomic mass is 35.5. The number of allylic oxidation sites excluding steroid dienone is 3. The predicted octanol–water partition coefficient (Wildman–Crippen LogP) is 5.16. The minimum atomic E-state index is -0.496. The van der Waals surface area contributed by atoms with E-state index in [1.54, 1.807) is 17.8 Å². The molecule has 0 amide bonds. The lowest BCUT2D eigenvalue weighted by Gasteiger charge is -2.43. The van der Waals surface area contributed by atoms with Crippen molar-refractivity contribution >= 4 is 46.2 Å². The first kappa shape index (κ1) is 24.6. The Morgan fingerprint density at radius 1 is 1.33 bits per heavy atom. The van der Waals surface area contributed by atoms with Gasteiger partial charge in [0.25, 0.3) is 0 Å². The van der Waals surface area contributed by atoms with Gasteiger partial charge in [-0.2, -0.15) is 5.26 Å². The number of benzene rings is 1. The van der Waals surface area contributed by atoms with Gasteiger partial charge in [-0.3, -0.25) is 9.69 Å². The van der Waals surface area contributed by atoms with Gasteiger partial charge in [0.05, 0.1) is 17.6 Å². The molecule has 2 aliphatic rings. The third-order valence-electron chi connectivity index (χ3n) is 6.36. The van der Waals surface area contributed by atoms with Gasteiger partial charge in [0.2, 0.25) is 5.16 Å². The fourth-order valence-electron chi connectivity index (χ4n) is 4.82. The van der Waals surface area contributed by atoms with Crippen LogP contribution in [-0.2, 0) is 17.6 Å². The number of anilines is 1. The lowest BCUT2D eigenvalue weighted by molar-refractivity contribution is -0.118. The molecule has 2 N–H and O–H groups in total. The molecule has 1 aromatic carbocycles. The molecule has 2 aromatic heterocycles.